The number of fused-ring (bicyclic) bond motifs is 6. The van der Waals surface area contributed by atoms with Gasteiger partial charge in [0.05, 0.1) is 11.0 Å². The van der Waals surface area contributed by atoms with Crippen LogP contribution >= 0.6 is 0 Å². The first kappa shape index (κ1) is 39.3. The second-order valence-corrected chi connectivity index (χ2v) is 15.7. The minimum atomic E-state index is -0.128. The second-order valence-electron chi connectivity index (χ2n) is 15.7. The van der Waals surface area contributed by atoms with E-state index in [0.29, 0.717) is 0 Å². The summed E-state index contributed by atoms with van der Waals surface area (Å²) in [6.07, 6.45) is -0.128. The highest BCUT2D eigenvalue weighted by Gasteiger charge is 2.35. The van der Waals surface area contributed by atoms with E-state index in [1.165, 1.54) is 66.3 Å². The predicted octanol–water partition coefficient (Wildman–Crippen LogP) is 14.9. The molecule has 300 valence electrons. The van der Waals surface area contributed by atoms with Gasteiger partial charge in [-0.25, -0.2) is 0 Å². The molecule has 1 aliphatic carbocycles. The number of anilines is 1. The van der Waals surface area contributed by atoms with Gasteiger partial charge in [-0.05, 0) is 98.6 Å². The van der Waals surface area contributed by atoms with Crippen molar-refractivity contribution in [1.29, 1.82) is 0 Å². The molecule has 9 aromatic rings. The molecule has 8 aromatic carbocycles. The fourth-order valence-corrected chi connectivity index (χ4v) is 9.31. The number of hydrazone groups is 1. The molecule has 0 saturated heterocycles. The monoisotopic (exact) mass is 792 g/mol. The van der Waals surface area contributed by atoms with Crippen molar-refractivity contribution in [3.63, 3.8) is 0 Å². The standard InChI is InChI=1S/C53H40N4.2C2H6/c1-53(2)46-23-13-12-21-43(46)44-31-27-39(34-47(44)53)38-28-32-48-45(33-38)50-42(22-14-24-49(50)56(48)40-19-10-5-11-20-40)35-25-29-41(30-26-35)57-51(36-15-6-3-7-16-36)54-55-52(57)37-17-8-4-9-18-37;2*1-2/h3-34,51,54H,1-2H3;2*1-2H3. The molecule has 1 atom stereocenters. The Hall–Kier alpha value is -7.17. The van der Waals surface area contributed by atoms with Crippen LogP contribution < -0.4 is 10.3 Å². The largest absolute Gasteiger partial charge is 0.309 e. The highest BCUT2D eigenvalue weighted by Crippen LogP contribution is 2.50. The first-order chi connectivity index (χ1) is 30.0. The van der Waals surface area contributed by atoms with Crippen LogP contribution in [0.4, 0.5) is 5.69 Å². The van der Waals surface area contributed by atoms with E-state index in [2.05, 4.69) is 217 Å². The highest BCUT2D eigenvalue weighted by molar-refractivity contribution is 6.17. The van der Waals surface area contributed by atoms with Crippen LogP contribution in [0.5, 0.6) is 0 Å². The molecule has 2 aliphatic rings. The van der Waals surface area contributed by atoms with E-state index in [1.807, 2.05) is 33.8 Å². The number of benzene rings is 8. The van der Waals surface area contributed by atoms with Crippen LogP contribution in [0.3, 0.4) is 0 Å². The van der Waals surface area contributed by atoms with E-state index in [9.17, 15) is 0 Å². The van der Waals surface area contributed by atoms with Gasteiger partial charge in [-0.2, -0.15) is 5.10 Å². The number of hydrogen-bond donors (Lipinski definition) is 1. The molecule has 0 amide bonds. The molecule has 1 aromatic heterocycles. The molecule has 1 aliphatic heterocycles. The number of rotatable bonds is 6. The number of hydrogen-bond acceptors (Lipinski definition) is 3. The Balaban J connectivity index is 0.00000116. The van der Waals surface area contributed by atoms with E-state index in [0.717, 1.165) is 28.3 Å². The molecule has 0 fully saturated rings. The van der Waals surface area contributed by atoms with Gasteiger partial charge in [0.25, 0.3) is 0 Å². The molecule has 4 nitrogen and oxygen atoms in total. The Bertz CT molecular complexity index is 3000. The van der Waals surface area contributed by atoms with Crippen molar-refractivity contribution in [2.75, 3.05) is 4.90 Å². The van der Waals surface area contributed by atoms with E-state index in [1.54, 1.807) is 0 Å². The van der Waals surface area contributed by atoms with Crippen molar-refractivity contribution in [2.45, 2.75) is 53.1 Å². The topological polar surface area (TPSA) is 32.6 Å². The zero-order valence-electron chi connectivity index (χ0n) is 35.9. The van der Waals surface area contributed by atoms with E-state index < -0.39 is 0 Å². The number of aromatic nitrogens is 1. The average Bonchev–Trinajstić information content (AvgIpc) is 4.00. The molecule has 0 saturated carbocycles. The van der Waals surface area contributed by atoms with Gasteiger partial charge in [-0.15, -0.1) is 0 Å². The van der Waals surface area contributed by atoms with Gasteiger partial charge < -0.3 is 4.57 Å². The maximum Gasteiger partial charge on any atom is 0.162 e. The SMILES string of the molecule is CC.CC.CC1(C)c2ccccc2-c2ccc(-c3ccc4c(c3)c3c(-c5ccc(N6C(c7ccccc7)=NNC6c6ccccc6)cc5)cccc3n4-c3ccccc3)cc21. The van der Waals surface area contributed by atoms with Gasteiger partial charge in [0, 0.05) is 33.1 Å². The highest BCUT2D eigenvalue weighted by atomic mass is 15.5. The molecule has 1 N–H and O–H groups in total. The van der Waals surface area contributed by atoms with Crippen LogP contribution in [-0.2, 0) is 5.41 Å². The quantitative estimate of drug-likeness (QED) is 0.182. The van der Waals surface area contributed by atoms with Crippen molar-refractivity contribution in [1.82, 2.24) is 9.99 Å². The third-order valence-electron chi connectivity index (χ3n) is 12.1. The molecule has 2 heterocycles. The maximum absolute atomic E-state index is 4.87. The molecule has 0 bridgehead atoms. The van der Waals surface area contributed by atoms with E-state index in [-0.39, 0.29) is 11.6 Å². The fraction of sp³-hybridized carbons (Fsp3) is 0.140. The van der Waals surface area contributed by atoms with Gasteiger partial charge in [0.1, 0.15) is 6.17 Å². The Morgan fingerprint density at radius 2 is 1.05 bits per heavy atom. The molecule has 1 unspecified atom stereocenters. The fourth-order valence-electron chi connectivity index (χ4n) is 9.31. The van der Waals surface area contributed by atoms with Gasteiger partial charge >= 0.3 is 0 Å². The molecular formula is C57H52N4. The van der Waals surface area contributed by atoms with Crippen molar-refractivity contribution >= 4 is 33.3 Å². The van der Waals surface area contributed by atoms with Crippen LogP contribution in [0.1, 0.15) is 70.0 Å². The summed E-state index contributed by atoms with van der Waals surface area (Å²) in [5.74, 6) is 0.900. The molecule has 61 heavy (non-hydrogen) atoms. The van der Waals surface area contributed by atoms with Crippen LogP contribution in [0.15, 0.2) is 199 Å². The lowest BCUT2D eigenvalue weighted by Crippen LogP contribution is -2.33. The number of amidine groups is 1. The van der Waals surface area contributed by atoms with Crippen molar-refractivity contribution in [3.05, 3.63) is 216 Å². The molecule has 0 radical (unpaired) electrons. The summed E-state index contributed by atoms with van der Waals surface area (Å²) in [5, 5.41) is 7.35. The normalized spacial score (nSPS) is 14.6. The lowest BCUT2D eigenvalue weighted by Gasteiger charge is -2.28. The summed E-state index contributed by atoms with van der Waals surface area (Å²) in [4.78, 5) is 2.30. The lowest BCUT2D eigenvalue weighted by atomic mass is 9.81. The van der Waals surface area contributed by atoms with Gasteiger partial charge in [0.15, 0.2) is 5.84 Å². The van der Waals surface area contributed by atoms with E-state index >= 15 is 0 Å². The zero-order chi connectivity index (χ0) is 42.1. The summed E-state index contributed by atoms with van der Waals surface area (Å²) in [7, 11) is 0. The Labute approximate surface area is 360 Å². The van der Waals surface area contributed by atoms with Crippen molar-refractivity contribution < 1.29 is 0 Å². The van der Waals surface area contributed by atoms with Crippen molar-refractivity contribution in [3.8, 4) is 39.1 Å². The Kier molecular flexibility index (Phi) is 10.6. The third-order valence-corrected chi connectivity index (χ3v) is 12.1. The predicted molar refractivity (Wildman–Crippen MR) is 260 cm³/mol. The Morgan fingerprint density at radius 1 is 0.459 bits per heavy atom. The zero-order valence-corrected chi connectivity index (χ0v) is 35.9. The third kappa shape index (κ3) is 6.69. The number of para-hydroxylation sites is 1. The van der Waals surface area contributed by atoms with E-state index in [4.69, 9.17) is 5.10 Å². The minimum absolute atomic E-state index is 0.0608. The van der Waals surface area contributed by atoms with Crippen LogP contribution in [-0.4, -0.2) is 10.4 Å². The first-order valence-electron chi connectivity index (χ1n) is 21.8. The van der Waals surface area contributed by atoms with Crippen LogP contribution in [0.2, 0.25) is 0 Å². The van der Waals surface area contributed by atoms with Crippen LogP contribution in [0, 0.1) is 0 Å². The summed E-state index contributed by atoms with van der Waals surface area (Å²) in [5.41, 5.74) is 20.5. The molecular weight excluding hydrogens is 741 g/mol. The first-order valence-corrected chi connectivity index (χ1v) is 21.8. The van der Waals surface area contributed by atoms with Crippen molar-refractivity contribution in [2.24, 2.45) is 5.10 Å². The summed E-state index contributed by atoms with van der Waals surface area (Å²) >= 11 is 0. The summed E-state index contributed by atoms with van der Waals surface area (Å²) in [6.45, 7) is 12.7. The summed E-state index contributed by atoms with van der Waals surface area (Å²) in [6, 6.07) is 70.4. The Morgan fingerprint density at radius 3 is 1.79 bits per heavy atom. The summed E-state index contributed by atoms with van der Waals surface area (Å²) < 4.78 is 2.41. The van der Waals surface area contributed by atoms with Gasteiger partial charge in [-0.3, -0.25) is 10.3 Å². The van der Waals surface area contributed by atoms with Gasteiger partial charge in [-0.1, -0.05) is 187 Å². The lowest BCUT2D eigenvalue weighted by molar-refractivity contribution is 0.617. The smallest absolute Gasteiger partial charge is 0.162 e. The molecule has 0 spiro atoms. The number of nitrogens with zero attached hydrogens (tertiary/aromatic N) is 3. The second kappa shape index (κ2) is 16.5. The number of nitrogens with one attached hydrogen (secondary N) is 1. The average molecular weight is 793 g/mol. The minimum Gasteiger partial charge on any atom is -0.309 e. The molecule has 4 heteroatoms. The van der Waals surface area contributed by atoms with Crippen LogP contribution in [0.25, 0.3) is 60.9 Å². The molecule has 11 rings (SSSR count). The maximum atomic E-state index is 4.87. The van der Waals surface area contributed by atoms with Gasteiger partial charge in [0.2, 0.25) is 0 Å².